The van der Waals surface area contributed by atoms with Crippen LogP contribution >= 0.6 is 11.6 Å². The van der Waals surface area contributed by atoms with Crippen molar-refractivity contribution in [2.75, 3.05) is 0 Å². The molecule has 4 nitrogen and oxygen atoms in total. The van der Waals surface area contributed by atoms with Crippen LogP contribution in [0.4, 0.5) is 0 Å². The molecular weight excluding hydrogens is 254 g/mol. The van der Waals surface area contributed by atoms with Crippen molar-refractivity contribution in [3.05, 3.63) is 35.9 Å². The first-order valence-electron chi connectivity index (χ1n) is 5.71. The molecule has 0 fully saturated rings. The van der Waals surface area contributed by atoms with Crippen LogP contribution in [0.25, 0.3) is 0 Å². The topological polar surface area (TPSA) is 80.4 Å². The Morgan fingerprint density at radius 3 is 2.39 bits per heavy atom. The molecule has 0 heterocycles. The third kappa shape index (κ3) is 3.09. The number of Topliss-reactive ketones (excluding diaryl/α,β-unsaturated/α-hetero) is 1. The summed E-state index contributed by atoms with van der Waals surface area (Å²) in [6, 6.07) is 8.45. The van der Waals surface area contributed by atoms with E-state index in [1.165, 1.54) is 0 Å². The lowest BCUT2D eigenvalue weighted by Gasteiger charge is -2.26. The average Bonchev–Trinajstić information content (AvgIpc) is 2.35. The van der Waals surface area contributed by atoms with Crippen LogP contribution < -0.4 is 5.73 Å². The lowest BCUT2D eigenvalue weighted by atomic mass is 9.87. The quantitative estimate of drug-likeness (QED) is 0.472. The molecule has 1 aromatic rings. The van der Waals surface area contributed by atoms with Gasteiger partial charge in [-0.05, 0) is 6.42 Å². The SMILES string of the molecule is CCCC(C(=O)c1ccccc1)C(N)(Cl)C(=O)O. The molecule has 0 saturated heterocycles. The highest BCUT2D eigenvalue weighted by molar-refractivity contribution is 6.35. The lowest BCUT2D eigenvalue weighted by molar-refractivity contribution is -0.141. The monoisotopic (exact) mass is 269 g/mol. The summed E-state index contributed by atoms with van der Waals surface area (Å²) in [7, 11) is 0. The van der Waals surface area contributed by atoms with Crippen molar-refractivity contribution in [1.82, 2.24) is 0 Å². The molecular formula is C13H16ClNO3. The minimum atomic E-state index is -2.07. The summed E-state index contributed by atoms with van der Waals surface area (Å²) >= 11 is 5.82. The molecule has 0 saturated carbocycles. The maximum absolute atomic E-state index is 12.3. The molecule has 0 bridgehead atoms. The van der Waals surface area contributed by atoms with Gasteiger partial charge in [-0.2, -0.15) is 0 Å². The Morgan fingerprint density at radius 1 is 1.39 bits per heavy atom. The largest absolute Gasteiger partial charge is 0.479 e. The summed E-state index contributed by atoms with van der Waals surface area (Å²) in [5.74, 6) is -2.66. The summed E-state index contributed by atoms with van der Waals surface area (Å²) in [6.07, 6.45) is 0.961. The number of hydrogen-bond donors (Lipinski definition) is 2. The van der Waals surface area contributed by atoms with E-state index < -0.39 is 16.9 Å². The molecule has 0 aliphatic rings. The number of carbonyl (C=O) groups excluding carboxylic acids is 1. The van der Waals surface area contributed by atoms with E-state index in [2.05, 4.69) is 0 Å². The Kier molecular flexibility index (Phi) is 4.87. The van der Waals surface area contributed by atoms with Crippen LogP contribution in [0.3, 0.4) is 0 Å². The Labute approximate surface area is 111 Å². The maximum atomic E-state index is 12.3. The highest BCUT2D eigenvalue weighted by Gasteiger charge is 2.44. The van der Waals surface area contributed by atoms with Crippen molar-refractivity contribution >= 4 is 23.4 Å². The van der Waals surface area contributed by atoms with Crippen molar-refractivity contribution in [3.63, 3.8) is 0 Å². The molecule has 0 aliphatic carbocycles. The molecule has 0 radical (unpaired) electrons. The Hall–Kier alpha value is -1.39. The fraction of sp³-hybridized carbons (Fsp3) is 0.385. The van der Waals surface area contributed by atoms with Crippen LogP contribution in [0.2, 0.25) is 0 Å². The van der Waals surface area contributed by atoms with Crippen LogP contribution in [0.1, 0.15) is 30.1 Å². The van der Waals surface area contributed by atoms with E-state index in [0.717, 1.165) is 0 Å². The number of carboxylic acids is 1. The second kappa shape index (κ2) is 5.98. The Balaban J connectivity index is 3.07. The van der Waals surface area contributed by atoms with Gasteiger partial charge in [0, 0.05) is 5.56 Å². The number of benzene rings is 1. The minimum Gasteiger partial charge on any atom is -0.479 e. The molecule has 3 N–H and O–H groups in total. The number of carboxylic acid groups (broad SMARTS) is 1. The number of rotatable bonds is 6. The van der Waals surface area contributed by atoms with Gasteiger partial charge < -0.3 is 10.8 Å². The van der Waals surface area contributed by atoms with Crippen LogP contribution in [-0.2, 0) is 4.79 Å². The third-order valence-electron chi connectivity index (χ3n) is 2.79. The maximum Gasteiger partial charge on any atom is 0.340 e. The van der Waals surface area contributed by atoms with Crippen molar-refractivity contribution in [1.29, 1.82) is 0 Å². The molecule has 0 spiro atoms. The Bertz CT molecular complexity index is 431. The second-order valence-electron chi connectivity index (χ2n) is 4.14. The van der Waals surface area contributed by atoms with Crippen molar-refractivity contribution in [2.45, 2.75) is 24.8 Å². The van der Waals surface area contributed by atoms with Gasteiger partial charge in [0.25, 0.3) is 0 Å². The smallest absolute Gasteiger partial charge is 0.340 e. The van der Waals surface area contributed by atoms with Crippen LogP contribution in [0, 0.1) is 5.92 Å². The zero-order valence-electron chi connectivity index (χ0n) is 10.1. The van der Waals surface area contributed by atoms with E-state index in [0.29, 0.717) is 18.4 Å². The number of aliphatic carboxylic acids is 1. The van der Waals surface area contributed by atoms with Gasteiger partial charge in [0.05, 0.1) is 5.92 Å². The molecule has 0 amide bonds. The van der Waals surface area contributed by atoms with Gasteiger partial charge in [0.1, 0.15) is 0 Å². The summed E-state index contributed by atoms with van der Waals surface area (Å²) in [5.41, 5.74) is 6.00. The second-order valence-corrected chi connectivity index (χ2v) is 4.77. The molecule has 0 aliphatic heterocycles. The van der Waals surface area contributed by atoms with Gasteiger partial charge in [-0.1, -0.05) is 55.3 Å². The van der Waals surface area contributed by atoms with Crippen LogP contribution in [0.5, 0.6) is 0 Å². The third-order valence-corrected chi connectivity index (χ3v) is 3.21. The molecule has 5 heteroatoms. The normalized spacial score (nSPS) is 15.7. The predicted molar refractivity (Wildman–Crippen MR) is 69.6 cm³/mol. The van der Waals surface area contributed by atoms with Crippen molar-refractivity contribution in [3.8, 4) is 0 Å². The minimum absolute atomic E-state index is 0.333. The fourth-order valence-electron chi connectivity index (χ4n) is 1.77. The highest BCUT2D eigenvalue weighted by atomic mass is 35.5. The number of carbonyl (C=O) groups is 2. The van der Waals surface area contributed by atoms with E-state index in [1.54, 1.807) is 30.3 Å². The Morgan fingerprint density at radius 2 is 1.94 bits per heavy atom. The van der Waals surface area contributed by atoms with Gasteiger partial charge in [-0.15, -0.1) is 0 Å². The van der Waals surface area contributed by atoms with E-state index in [1.807, 2.05) is 6.92 Å². The zero-order chi connectivity index (χ0) is 13.8. The first-order chi connectivity index (χ1) is 8.41. The average molecular weight is 270 g/mol. The summed E-state index contributed by atoms with van der Waals surface area (Å²) in [5, 5.41) is 9.02. The lowest BCUT2D eigenvalue weighted by Crippen LogP contribution is -2.52. The number of halogens is 1. The van der Waals surface area contributed by atoms with E-state index in [4.69, 9.17) is 22.4 Å². The summed E-state index contributed by atoms with van der Waals surface area (Å²) < 4.78 is 0. The molecule has 18 heavy (non-hydrogen) atoms. The first-order valence-corrected chi connectivity index (χ1v) is 6.09. The van der Waals surface area contributed by atoms with Gasteiger partial charge in [-0.25, -0.2) is 4.79 Å². The predicted octanol–water partition coefficient (Wildman–Crippen LogP) is 2.26. The zero-order valence-corrected chi connectivity index (χ0v) is 10.9. The number of alkyl halides is 1. The van der Waals surface area contributed by atoms with Gasteiger partial charge in [0.2, 0.25) is 0 Å². The van der Waals surface area contributed by atoms with E-state index in [9.17, 15) is 9.59 Å². The molecule has 0 aromatic heterocycles. The number of hydrogen-bond acceptors (Lipinski definition) is 3. The van der Waals surface area contributed by atoms with Crippen LogP contribution in [0.15, 0.2) is 30.3 Å². The summed E-state index contributed by atoms with van der Waals surface area (Å²) in [4.78, 5) is 21.3. The molecule has 2 unspecified atom stereocenters. The van der Waals surface area contributed by atoms with Gasteiger partial charge >= 0.3 is 5.97 Å². The number of ketones is 1. The van der Waals surface area contributed by atoms with Gasteiger partial charge in [0.15, 0.2) is 10.8 Å². The fourth-order valence-corrected chi connectivity index (χ4v) is 1.98. The molecule has 1 aromatic carbocycles. The molecule has 98 valence electrons. The first kappa shape index (κ1) is 14.7. The van der Waals surface area contributed by atoms with Crippen molar-refractivity contribution in [2.24, 2.45) is 11.7 Å². The highest BCUT2D eigenvalue weighted by Crippen LogP contribution is 2.28. The summed E-state index contributed by atoms with van der Waals surface area (Å²) in [6.45, 7) is 1.85. The standard InChI is InChI=1S/C13H16ClNO3/c1-2-6-10(13(14,15)12(17)18)11(16)9-7-4-3-5-8-9/h3-5,7-8,10H,2,6,15H2,1H3,(H,17,18). The van der Waals surface area contributed by atoms with Gasteiger partial charge in [-0.3, -0.25) is 4.79 Å². The van der Waals surface area contributed by atoms with Crippen molar-refractivity contribution < 1.29 is 14.7 Å². The van der Waals surface area contributed by atoms with Crippen LogP contribution in [-0.4, -0.2) is 21.9 Å². The molecule has 2 atom stereocenters. The molecule has 1 rings (SSSR count). The number of nitrogens with two attached hydrogens (primary N) is 1. The van der Waals surface area contributed by atoms with E-state index in [-0.39, 0.29) is 5.78 Å². The van der Waals surface area contributed by atoms with E-state index >= 15 is 0 Å².